The van der Waals surface area contributed by atoms with Gasteiger partial charge in [0, 0.05) is 20.1 Å². The normalized spacial score (nSPS) is 17.9. The summed E-state index contributed by atoms with van der Waals surface area (Å²) in [6.45, 7) is 8.35. The van der Waals surface area contributed by atoms with Crippen LogP contribution in [0.1, 0.15) is 26.7 Å². The molecule has 0 aromatic carbocycles. The van der Waals surface area contributed by atoms with Crippen molar-refractivity contribution in [1.82, 2.24) is 0 Å². The summed E-state index contributed by atoms with van der Waals surface area (Å²) in [7, 11) is 3.32. The van der Waals surface area contributed by atoms with Crippen LogP contribution in [0.4, 0.5) is 0 Å². The van der Waals surface area contributed by atoms with Crippen molar-refractivity contribution in [3.63, 3.8) is 0 Å². The monoisotopic (exact) mass is 286 g/mol. The second kappa shape index (κ2) is 12.1. The van der Waals surface area contributed by atoms with Gasteiger partial charge in [-0.05, 0) is 18.8 Å². The Morgan fingerprint density at radius 1 is 1.20 bits per heavy atom. The first-order chi connectivity index (χ1) is 9.60. The Hall–Kier alpha value is -0.680. The minimum Gasteiger partial charge on any atom is -0.392 e. The quantitative estimate of drug-likeness (QED) is 0.443. The highest BCUT2D eigenvalue weighted by molar-refractivity contribution is 4.92. The number of ether oxygens (including phenoxy) is 3. The van der Waals surface area contributed by atoms with Crippen molar-refractivity contribution in [2.45, 2.75) is 38.9 Å². The van der Waals surface area contributed by atoms with E-state index in [4.69, 9.17) is 19.3 Å². The minimum absolute atomic E-state index is 0.0535. The second-order valence-corrected chi connectivity index (χ2v) is 5.07. The number of aliphatic hydroxyl groups is 1. The summed E-state index contributed by atoms with van der Waals surface area (Å²) in [4.78, 5) is 0. The van der Waals surface area contributed by atoms with Crippen LogP contribution in [0.2, 0.25) is 0 Å². The molecule has 0 heterocycles. The van der Waals surface area contributed by atoms with Crippen LogP contribution in [0.25, 0.3) is 0 Å². The average molecular weight is 286 g/mol. The molecule has 0 bridgehead atoms. The summed E-state index contributed by atoms with van der Waals surface area (Å²) in [5.74, 6) is 0.582. The SMILES string of the molecule is C=C[C@H](CC[C@@H](C)[C@@H](OCOC)[C@H](C)/C=C/CO)OC. The lowest BCUT2D eigenvalue weighted by Gasteiger charge is -2.28. The maximum Gasteiger partial charge on any atom is 0.146 e. The van der Waals surface area contributed by atoms with Crippen molar-refractivity contribution in [2.24, 2.45) is 11.8 Å². The fourth-order valence-electron chi connectivity index (χ4n) is 2.29. The molecule has 4 heteroatoms. The lowest BCUT2D eigenvalue weighted by molar-refractivity contribution is -0.103. The molecule has 0 rings (SSSR count). The van der Waals surface area contributed by atoms with Crippen LogP contribution < -0.4 is 0 Å². The molecule has 1 N–H and O–H groups in total. The summed E-state index contributed by atoms with van der Waals surface area (Å²) in [6, 6.07) is 0. The highest BCUT2D eigenvalue weighted by Crippen LogP contribution is 2.23. The third-order valence-corrected chi connectivity index (χ3v) is 3.47. The molecule has 0 aliphatic carbocycles. The van der Waals surface area contributed by atoms with E-state index < -0.39 is 0 Å². The molecule has 4 nitrogen and oxygen atoms in total. The van der Waals surface area contributed by atoms with Gasteiger partial charge in [0.1, 0.15) is 6.79 Å². The van der Waals surface area contributed by atoms with Gasteiger partial charge in [0.25, 0.3) is 0 Å². The van der Waals surface area contributed by atoms with Crippen molar-refractivity contribution in [3.8, 4) is 0 Å². The maximum absolute atomic E-state index is 8.87. The summed E-state index contributed by atoms with van der Waals surface area (Å²) in [5, 5.41) is 8.87. The first-order valence-corrected chi connectivity index (χ1v) is 7.14. The predicted octanol–water partition coefficient (Wildman–Crippen LogP) is 2.78. The van der Waals surface area contributed by atoms with Crippen LogP contribution in [0.15, 0.2) is 24.8 Å². The van der Waals surface area contributed by atoms with E-state index in [0.717, 1.165) is 12.8 Å². The van der Waals surface area contributed by atoms with Crippen molar-refractivity contribution in [2.75, 3.05) is 27.6 Å². The molecular formula is C16H30O4. The van der Waals surface area contributed by atoms with E-state index in [1.165, 1.54) is 0 Å². The van der Waals surface area contributed by atoms with E-state index in [-0.39, 0.29) is 31.5 Å². The Bertz CT molecular complexity index is 265. The molecule has 0 aliphatic rings. The highest BCUT2D eigenvalue weighted by atomic mass is 16.7. The van der Waals surface area contributed by atoms with Gasteiger partial charge in [0.15, 0.2) is 0 Å². The fraction of sp³-hybridized carbons (Fsp3) is 0.750. The molecule has 0 amide bonds. The Morgan fingerprint density at radius 2 is 1.90 bits per heavy atom. The van der Waals surface area contributed by atoms with Crippen molar-refractivity contribution in [1.29, 1.82) is 0 Å². The molecule has 0 unspecified atom stereocenters. The summed E-state index contributed by atoms with van der Waals surface area (Å²) in [6.07, 6.45) is 7.61. The van der Waals surface area contributed by atoms with Gasteiger partial charge < -0.3 is 19.3 Å². The van der Waals surface area contributed by atoms with E-state index >= 15 is 0 Å². The number of aliphatic hydroxyl groups excluding tert-OH is 1. The molecule has 0 radical (unpaired) electrons. The maximum atomic E-state index is 8.87. The molecule has 0 aromatic heterocycles. The van der Waals surface area contributed by atoms with E-state index in [0.29, 0.717) is 5.92 Å². The number of methoxy groups -OCH3 is 2. The zero-order valence-electron chi connectivity index (χ0n) is 13.2. The molecule has 4 atom stereocenters. The van der Waals surface area contributed by atoms with Crippen LogP contribution in [0, 0.1) is 11.8 Å². The van der Waals surface area contributed by atoms with E-state index in [9.17, 15) is 0 Å². The lowest BCUT2D eigenvalue weighted by Crippen LogP contribution is -2.30. The molecule has 0 saturated heterocycles. The van der Waals surface area contributed by atoms with Gasteiger partial charge in [-0.1, -0.05) is 32.1 Å². The van der Waals surface area contributed by atoms with E-state index in [2.05, 4.69) is 20.4 Å². The van der Waals surface area contributed by atoms with E-state index in [1.54, 1.807) is 20.3 Å². The third kappa shape index (κ3) is 7.80. The van der Waals surface area contributed by atoms with Crippen LogP contribution in [-0.4, -0.2) is 44.9 Å². The molecule has 0 fully saturated rings. The number of hydrogen-bond donors (Lipinski definition) is 1. The Morgan fingerprint density at radius 3 is 2.40 bits per heavy atom. The van der Waals surface area contributed by atoms with E-state index in [1.807, 2.05) is 12.2 Å². The van der Waals surface area contributed by atoms with Crippen LogP contribution in [0.5, 0.6) is 0 Å². The average Bonchev–Trinajstić information content (AvgIpc) is 2.46. The van der Waals surface area contributed by atoms with Crippen LogP contribution in [-0.2, 0) is 14.2 Å². The lowest BCUT2D eigenvalue weighted by atomic mass is 9.88. The fourth-order valence-corrected chi connectivity index (χ4v) is 2.29. The molecule has 118 valence electrons. The van der Waals surface area contributed by atoms with Crippen LogP contribution in [0.3, 0.4) is 0 Å². The van der Waals surface area contributed by atoms with Gasteiger partial charge in [-0.3, -0.25) is 0 Å². The van der Waals surface area contributed by atoms with Gasteiger partial charge >= 0.3 is 0 Å². The third-order valence-electron chi connectivity index (χ3n) is 3.47. The summed E-state index contributed by atoms with van der Waals surface area (Å²) in [5.41, 5.74) is 0. The molecular weight excluding hydrogens is 256 g/mol. The number of rotatable bonds is 12. The Balaban J connectivity index is 4.49. The molecule has 0 aliphatic heterocycles. The standard InChI is InChI=1S/C16H30O4/c1-6-15(19-5)10-9-14(3)16(20-12-18-4)13(2)8-7-11-17/h6-8,13-17H,1,9-12H2,2-5H3/b8-7+/t13-,14-,15-,16+/m1/s1. The first-order valence-electron chi connectivity index (χ1n) is 7.14. The molecule has 20 heavy (non-hydrogen) atoms. The first kappa shape index (κ1) is 19.3. The summed E-state index contributed by atoms with van der Waals surface area (Å²) >= 11 is 0. The molecule has 0 spiro atoms. The predicted molar refractivity (Wildman–Crippen MR) is 81.5 cm³/mol. The number of hydrogen-bond acceptors (Lipinski definition) is 4. The zero-order chi connectivity index (χ0) is 15.4. The van der Waals surface area contributed by atoms with Gasteiger partial charge in [-0.25, -0.2) is 0 Å². The Labute approximate surface area is 123 Å². The van der Waals surface area contributed by atoms with Gasteiger partial charge in [-0.15, -0.1) is 6.58 Å². The van der Waals surface area contributed by atoms with Gasteiger partial charge in [0.05, 0.1) is 18.8 Å². The van der Waals surface area contributed by atoms with Crippen molar-refractivity contribution < 1.29 is 19.3 Å². The van der Waals surface area contributed by atoms with Gasteiger partial charge in [0.2, 0.25) is 0 Å². The smallest absolute Gasteiger partial charge is 0.146 e. The zero-order valence-corrected chi connectivity index (χ0v) is 13.2. The molecule has 0 saturated carbocycles. The second-order valence-electron chi connectivity index (χ2n) is 5.07. The van der Waals surface area contributed by atoms with Crippen molar-refractivity contribution in [3.05, 3.63) is 24.8 Å². The van der Waals surface area contributed by atoms with Gasteiger partial charge in [-0.2, -0.15) is 0 Å². The van der Waals surface area contributed by atoms with Crippen molar-refractivity contribution >= 4 is 0 Å². The minimum atomic E-state index is 0.0535. The topological polar surface area (TPSA) is 47.9 Å². The largest absolute Gasteiger partial charge is 0.392 e. The highest BCUT2D eigenvalue weighted by Gasteiger charge is 2.23. The molecule has 0 aromatic rings. The summed E-state index contributed by atoms with van der Waals surface area (Å²) < 4.78 is 16.1. The Kier molecular flexibility index (Phi) is 11.7. The van der Waals surface area contributed by atoms with Crippen LogP contribution >= 0.6 is 0 Å².